The van der Waals surface area contributed by atoms with E-state index in [4.69, 9.17) is 16.1 Å². The number of benzene rings is 3. The van der Waals surface area contributed by atoms with Gasteiger partial charge in [-0.2, -0.15) is 5.10 Å². The summed E-state index contributed by atoms with van der Waals surface area (Å²) in [6.07, 6.45) is 0. The molecule has 0 atom stereocenters. The third-order valence-electron chi connectivity index (χ3n) is 4.70. The largest absolute Gasteiger partial charge is 0.369 e. The molecule has 0 saturated heterocycles. The number of aryl methyl sites for hydroxylation is 1. The molecule has 0 aliphatic rings. The molecule has 4 N–H and O–H groups in total. The van der Waals surface area contributed by atoms with Gasteiger partial charge in [-0.05, 0) is 35.7 Å². The van der Waals surface area contributed by atoms with Crippen LogP contribution < -0.4 is 11.2 Å². The molecule has 5 nitrogen and oxygen atoms in total. The molecule has 1 heterocycles. The minimum Gasteiger partial charge on any atom is -0.369 e. The van der Waals surface area contributed by atoms with Gasteiger partial charge in [-0.1, -0.05) is 66.7 Å². The molecular weight excluding hydrogens is 378 g/mol. The molecule has 0 fully saturated rings. The Morgan fingerprint density at radius 1 is 1.00 bits per heavy atom. The van der Waals surface area contributed by atoms with Crippen molar-refractivity contribution in [3.8, 4) is 21.7 Å². The number of rotatable bonds is 4. The quantitative estimate of drug-likeness (QED) is 0.252. The lowest BCUT2D eigenvalue weighted by molar-refractivity contribution is 0.992. The summed E-state index contributed by atoms with van der Waals surface area (Å²) in [6.45, 7) is 3.84. The van der Waals surface area contributed by atoms with Crippen LogP contribution in [0.15, 0.2) is 71.8 Å². The fourth-order valence-corrected chi connectivity index (χ4v) is 4.34. The number of nitrogens with one attached hydrogen (secondary N) is 2. The Bertz CT molecular complexity index is 1220. The number of hydrazone groups is 1. The highest BCUT2D eigenvalue weighted by Gasteiger charge is 2.12. The highest BCUT2D eigenvalue weighted by atomic mass is 32.1. The van der Waals surface area contributed by atoms with Crippen molar-refractivity contribution < 1.29 is 0 Å². The molecule has 0 amide bonds. The van der Waals surface area contributed by atoms with Gasteiger partial charge in [0.2, 0.25) is 5.96 Å². The van der Waals surface area contributed by atoms with Gasteiger partial charge in [0.1, 0.15) is 5.01 Å². The lowest BCUT2D eigenvalue weighted by Gasteiger charge is -2.07. The summed E-state index contributed by atoms with van der Waals surface area (Å²) in [5.74, 6) is -0.184. The first-order chi connectivity index (χ1) is 14.0. The van der Waals surface area contributed by atoms with Crippen LogP contribution in [0.2, 0.25) is 0 Å². The summed E-state index contributed by atoms with van der Waals surface area (Å²) in [5, 5.41) is 14.8. The standard InChI is InChI=1S/C23H21N5S/c1-14-21(15(2)27-28-23(24)25)29-22(26-14)18-12-10-17(11-13-18)20-9-5-7-16-6-3-4-8-19(16)20/h3-13H,1-2H3,(H4,24,25,28)/b27-15-. The summed E-state index contributed by atoms with van der Waals surface area (Å²) in [7, 11) is 0. The monoisotopic (exact) mass is 399 g/mol. The second-order valence-electron chi connectivity index (χ2n) is 6.76. The van der Waals surface area contributed by atoms with Gasteiger partial charge in [0.15, 0.2) is 0 Å². The molecule has 0 unspecified atom stereocenters. The first-order valence-electron chi connectivity index (χ1n) is 9.23. The van der Waals surface area contributed by atoms with Crippen molar-refractivity contribution in [3.63, 3.8) is 0 Å². The van der Waals surface area contributed by atoms with Gasteiger partial charge in [-0.15, -0.1) is 11.3 Å². The second-order valence-corrected chi connectivity index (χ2v) is 7.76. The van der Waals surface area contributed by atoms with E-state index >= 15 is 0 Å². The van der Waals surface area contributed by atoms with Gasteiger partial charge < -0.3 is 5.73 Å². The Morgan fingerprint density at radius 3 is 2.45 bits per heavy atom. The lowest BCUT2D eigenvalue weighted by atomic mass is 9.98. The van der Waals surface area contributed by atoms with Crippen molar-refractivity contribution in [1.29, 1.82) is 5.41 Å². The maximum atomic E-state index is 7.23. The van der Waals surface area contributed by atoms with Crippen molar-refractivity contribution >= 4 is 33.8 Å². The van der Waals surface area contributed by atoms with Crippen LogP contribution in [0, 0.1) is 12.3 Å². The highest BCUT2D eigenvalue weighted by molar-refractivity contribution is 7.17. The average molecular weight is 400 g/mol. The minimum absolute atomic E-state index is 0.184. The van der Waals surface area contributed by atoms with Crippen molar-refractivity contribution in [2.75, 3.05) is 0 Å². The Morgan fingerprint density at radius 2 is 1.69 bits per heavy atom. The molecule has 1 aromatic heterocycles. The van der Waals surface area contributed by atoms with E-state index in [1.807, 2.05) is 13.8 Å². The Balaban J connectivity index is 1.66. The number of nitrogens with two attached hydrogens (primary N) is 1. The van der Waals surface area contributed by atoms with Gasteiger partial charge in [-0.3, -0.25) is 5.41 Å². The van der Waals surface area contributed by atoms with Crippen LogP contribution in [-0.4, -0.2) is 16.7 Å². The third-order valence-corrected chi connectivity index (χ3v) is 6.02. The summed E-state index contributed by atoms with van der Waals surface area (Å²) in [5.41, 5.74) is 12.9. The first kappa shape index (κ1) is 18.8. The Kier molecular flexibility index (Phi) is 5.10. The number of nitrogens with zero attached hydrogens (tertiary/aromatic N) is 2. The lowest BCUT2D eigenvalue weighted by Crippen LogP contribution is -2.26. The van der Waals surface area contributed by atoms with E-state index in [9.17, 15) is 0 Å². The summed E-state index contributed by atoms with van der Waals surface area (Å²) < 4.78 is 0. The Hall–Kier alpha value is -3.51. The van der Waals surface area contributed by atoms with E-state index in [0.29, 0.717) is 0 Å². The van der Waals surface area contributed by atoms with Crippen molar-refractivity contribution in [3.05, 3.63) is 77.3 Å². The molecule has 0 spiro atoms. The SMILES string of the molecule is C/C(=N/NC(=N)N)c1sc(-c2ccc(-c3cccc4ccccc34)cc2)nc1C. The molecule has 0 aliphatic carbocycles. The fraction of sp³-hybridized carbons (Fsp3) is 0.0870. The summed E-state index contributed by atoms with van der Waals surface area (Å²) in [6, 6.07) is 23.3. The predicted octanol–water partition coefficient (Wildman–Crippen LogP) is 5.15. The van der Waals surface area contributed by atoms with Crippen LogP contribution in [0.5, 0.6) is 0 Å². The number of thiazole rings is 1. The third kappa shape index (κ3) is 3.88. The Labute approximate surface area is 173 Å². The van der Waals surface area contributed by atoms with Crippen LogP contribution in [0.25, 0.3) is 32.5 Å². The second kappa shape index (κ2) is 7.85. The molecule has 29 heavy (non-hydrogen) atoms. The zero-order valence-corrected chi connectivity index (χ0v) is 17.0. The molecule has 0 saturated carbocycles. The van der Waals surface area contributed by atoms with Gasteiger partial charge in [0.25, 0.3) is 0 Å². The zero-order valence-electron chi connectivity index (χ0n) is 16.2. The van der Waals surface area contributed by atoms with Gasteiger partial charge in [0, 0.05) is 5.56 Å². The zero-order chi connectivity index (χ0) is 20.4. The number of fused-ring (bicyclic) bond motifs is 1. The van der Waals surface area contributed by atoms with Gasteiger partial charge in [-0.25, -0.2) is 10.4 Å². The van der Waals surface area contributed by atoms with Crippen LogP contribution in [-0.2, 0) is 0 Å². The first-order valence-corrected chi connectivity index (χ1v) is 10.1. The smallest absolute Gasteiger partial charge is 0.206 e. The topological polar surface area (TPSA) is 87.2 Å². The van der Waals surface area contributed by atoms with E-state index < -0.39 is 0 Å². The number of aromatic nitrogens is 1. The fourth-order valence-electron chi connectivity index (χ4n) is 3.32. The van der Waals surface area contributed by atoms with Crippen LogP contribution >= 0.6 is 11.3 Å². The maximum absolute atomic E-state index is 7.23. The van der Waals surface area contributed by atoms with E-state index in [-0.39, 0.29) is 5.96 Å². The van der Waals surface area contributed by atoms with E-state index in [1.54, 1.807) is 11.3 Å². The summed E-state index contributed by atoms with van der Waals surface area (Å²) in [4.78, 5) is 5.68. The molecule has 0 bridgehead atoms. The molecule has 0 radical (unpaired) electrons. The normalized spacial score (nSPS) is 11.6. The van der Waals surface area contributed by atoms with Crippen LogP contribution in [0.3, 0.4) is 0 Å². The average Bonchev–Trinajstić information content (AvgIpc) is 3.13. The maximum Gasteiger partial charge on any atom is 0.206 e. The van der Waals surface area contributed by atoms with E-state index in [2.05, 4.69) is 77.3 Å². The molecule has 4 rings (SSSR count). The van der Waals surface area contributed by atoms with Crippen LogP contribution in [0.1, 0.15) is 17.5 Å². The van der Waals surface area contributed by atoms with E-state index in [1.165, 1.54) is 21.9 Å². The summed E-state index contributed by atoms with van der Waals surface area (Å²) >= 11 is 1.58. The van der Waals surface area contributed by atoms with Crippen molar-refractivity contribution in [1.82, 2.24) is 10.4 Å². The predicted molar refractivity (Wildman–Crippen MR) is 122 cm³/mol. The molecule has 0 aliphatic heterocycles. The molecule has 4 aromatic rings. The van der Waals surface area contributed by atoms with E-state index in [0.717, 1.165) is 26.9 Å². The van der Waals surface area contributed by atoms with Crippen LogP contribution in [0.4, 0.5) is 0 Å². The van der Waals surface area contributed by atoms with Gasteiger partial charge >= 0.3 is 0 Å². The molecule has 3 aromatic carbocycles. The minimum atomic E-state index is -0.184. The number of guanidine groups is 1. The molecule has 144 valence electrons. The molecule has 6 heteroatoms. The number of hydrogen-bond donors (Lipinski definition) is 3. The highest BCUT2D eigenvalue weighted by Crippen LogP contribution is 2.32. The van der Waals surface area contributed by atoms with Crippen molar-refractivity contribution in [2.24, 2.45) is 10.8 Å². The van der Waals surface area contributed by atoms with Gasteiger partial charge in [0.05, 0.1) is 16.3 Å². The van der Waals surface area contributed by atoms with Crippen molar-refractivity contribution in [2.45, 2.75) is 13.8 Å². The number of hydrogen-bond acceptors (Lipinski definition) is 4. The molecular formula is C23H21N5S.